The second-order valence-electron chi connectivity index (χ2n) is 6.34. The topological polar surface area (TPSA) is 43.8 Å². The van der Waals surface area contributed by atoms with Crippen LogP contribution in [0.15, 0.2) is 24.3 Å². The van der Waals surface area contributed by atoms with E-state index in [1.807, 2.05) is 4.90 Å². The summed E-state index contributed by atoms with van der Waals surface area (Å²) >= 11 is 0. The Morgan fingerprint density at radius 2 is 1.77 bits per heavy atom. The van der Waals surface area contributed by atoms with Gasteiger partial charge >= 0.3 is 0 Å². The minimum Gasteiger partial charge on any atom is -0.395 e. The molecule has 1 aromatic carbocycles. The zero-order valence-electron chi connectivity index (χ0n) is 13.8. The van der Waals surface area contributed by atoms with Crippen molar-refractivity contribution in [2.75, 3.05) is 39.3 Å². The van der Waals surface area contributed by atoms with Gasteiger partial charge in [0.05, 0.1) is 6.61 Å². The third-order valence-corrected chi connectivity index (χ3v) is 4.42. The molecular formula is C18H28N2O2. The van der Waals surface area contributed by atoms with Crippen LogP contribution < -0.4 is 0 Å². The lowest BCUT2D eigenvalue weighted by atomic mass is 10.00. The largest absolute Gasteiger partial charge is 0.395 e. The number of nitrogens with zero attached hydrogens (tertiary/aromatic N) is 2. The summed E-state index contributed by atoms with van der Waals surface area (Å²) < 4.78 is 0. The minimum absolute atomic E-state index is 0.195. The molecule has 22 heavy (non-hydrogen) atoms. The van der Waals surface area contributed by atoms with Crippen LogP contribution in [-0.2, 0) is 11.2 Å². The van der Waals surface area contributed by atoms with Gasteiger partial charge in [-0.2, -0.15) is 0 Å². The summed E-state index contributed by atoms with van der Waals surface area (Å²) in [6, 6.07) is 8.61. The summed E-state index contributed by atoms with van der Waals surface area (Å²) in [5.74, 6) is 0.794. The van der Waals surface area contributed by atoms with Crippen molar-refractivity contribution in [3.63, 3.8) is 0 Å². The number of rotatable bonds is 6. The lowest BCUT2D eigenvalue weighted by Gasteiger charge is -2.34. The summed E-state index contributed by atoms with van der Waals surface area (Å²) in [6.45, 7) is 8.59. The number of β-amino-alcohol motifs (C(OH)–C–C–N with tert-alkyl or cyclic N) is 1. The van der Waals surface area contributed by atoms with Crippen LogP contribution in [0.2, 0.25) is 0 Å². The fraction of sp³-hybridized carbons (Fsp3) is 0.611. The summed E-state index contributed by atoms with van der Waals surface area (Å²) in [5.41, 5.74) is 2.58. The van der Waals surface area contributed by atoms with E-state index in [0.717, 1.165) is 32.6 Å². The van der Waals surface area contributed by atoms with E-state index in [0.29, 0.717) is 18.9 Å². The Kier molecular flexibility index (Phi) is 6.40. The first-order chi connectivity index (χ1) is 10.6. The fourth-order valence-corrected chi connectivity index (χ4v) is 2.84. The number of hydrogen-bond donors (Lipinski definition) is 1. The van der Waals surface area contributed by atoms with Crippen LogP contribution in [0.4, 0.5) is 0 Å². The van der Waals surface area contributed by atoms with E-state index in [1.165, 1.54) is 11.1 Å². The van der Waals surface area contributed by atoms with Crippen molar-refractivity contribution in [1.29, 1.82) is 0 Å². The van der Waals surface area contributed by atoms with E-state index in [2.05, 4.69) is 43.0 Å². The molecule has 122 valence electrons. The molecule has 0 atom stereocenters. The monoisotopic (exact) mass is 304 g/mol. The van der Waals surface area contributed by atoms with Crippen molar-refractivity contribution >= 4 is 5.91 Å². The zero-order valence-corrected chi connectivity index (χ0v) is 13.8. The summed E-state index contributed by atoms with van der Waals surface area (Å²) in [4.78, 5) is 16.4. The lowest BCUT2D eigenvalue weighted by molar-refractivity contribution is -0.132. The molecule has 2 rings (SSSR count). The molecule has 1 N–H and O–H groups in total. The van der Waals surface area contributed by atoms with Crippen molar-refractivity contribution < 1.29 is 9.90 Å². The molecule has 4 heteroatoms. The maximum Gasteiger partial charge on any atom is 0.222 e. The molecule has 0 aliphatic carbocycles. The highest BCUT2D eigenvalue weighted by atomic mass is 16.3. The zero-order chi connectivity index (χ0) is 15.9. The summed E-state index contributed by atoms with van der Waals surface area (Å²) in [7, 11) is 0. The molecule has 0 saturated carbocycles. The molecule has 1 aliphatic heterocycles. The Morgan fingerprint density at radius 1 is 1.14 bits per heavy atom. The van der Waals surface area contributed by atoms with E-state index in [-0.39, 0.29) is 12.5 Å². The van der Waals surface area contributed by atoms with E-state index in [9.17, 15) is 4.79 Å². The Morgan fingerprint density at radius 3 is 2.32 bits per heavy atom. The number of amides is 1. The standard InChI is InChI=1S/C18H28N2O2/c1-15(2)17-6-3-16(4-7-17)5-8-18(22)20-11-9-19(10-12-20)13-14-21/h3-4,6-7,15,21H,5,8-14H2,1-2H3. The van der Waals surface area contributed by atoms with Crippen LogP contribution >= 0.6 is 0 Å². The molecule has 1 fully saturated rings. The van der Waals surface area contributed by atoms with Crippen LogP contribution in [0, 0.1) is 0 Å². The maximum atomic E-state index is 12.3. The Balaban J connectivity index is 1.76. The molecule has 1 saturated heterocycles. The fourth-order valence-electron chi connectivity index (χ4n) is 2.84. The molecule has 0 radical (unpaired) electrons. The van der Waals surface area contributed by atoms with Gasteiger partial charge in [-0.15, -0.1) is 0 Å². The van der Waals surface area contributed by atoms with E-state index < -0.39 is 0 Å². The number of carbonyl (C=O) groups is 1. The average molecular weight is 304 g/mol. The molecule has 0 bridgehead atoms. The number of aliphatic hydroxyl groups is 1. The van der Waals surface area contributed by atoms with Gasteiger partial charge in [-0.1, -0.05) is 38.1 Å². The number of benzene rings is 1. The second-order valence-corrected chi connectivity index (χ2v) is 6.34. The predicted octanol–water partition coefficient (Wildman–Crippen LogP) is 1.88. The van der Waals surface area contributed by atoms with Gasteiger partial charge in [0, 0.05) is 39.1 Å². The average Bonchev–Trinajstić information content (AvgIpc) is 2.54. The summed E-state index contributed by atoms with van der Waals surface area (Å²) in [5, 5.41) is 8.94. The molecule has 1 aromatic rings. The van der Waals surface area contributed by atoms with Crippen LogP contribution in [0.25, 0.3) is 0 Å². The van der Waals surface area contributed by atoms with Crippen molar-refractivity contribution in [2.45, 2.75) is 32.6 Å². The van der Waals surface area contributed by atoms with Crippen molar-refractivity contribution in [1.82, 2.24) is 9.80 Å². The van der Waals surface area contributed by atoms with Gasteiger partial charge < -0.3 is 10.0 Å². The van der Waals surface area contributed by atoms with Gasteiger partial charge in [-0.25, -0.2) is 0 Å². The van der Waals surface area contributed by atoms with E-state index >= 15 is 0 Å². The molecule has 0 unspecified atom stereocenters. The number of hydrogen-bond acceptors (Lipinski definition) is 3. The normalized spacial score (nSPS) is 16.3. The predicted molar refractivity (Wildman–Crippen MR) is 89.0 cm³/mol. The molecule has 1 amide bonds. The van der Waals surface area contributed by atoms with Crippen molar-refractivity contribution in [3.8, 4) is 0 Å². The number of aliphatic hydroxyl groups excluding tert-OH is 1. The van der Waals surface area contributed by atoms with Gasteiger partial charge in [0.15, 0.2) is 0 Å². The molecule has 1 heterocycles. The van der Waals surface area contributed by atoms with Crippen LogP contribution in [-0.4, -0.2) is 60.1 Å². The third-order valence-electron chi connectivity index (χ3n) is 4.42. The number of carbonyl (C=O) groups excluding carboxylic acids is 1. The quantitative estimate of drug-likeness (QED) is 0.873. The van der Waals surface area contributed by atoms with Crippen molar-refractivity contribution in [3.05, 3.63) is 35.4 Å². The third kappa shape index (κ3) is 4.82. The van der Waals surface area contributed by atoms with Crippen molar-refractivity contribution in [2.24, 2.45) is 0 Å². The van der Waals surface area contributed by atoms with Crippen LogP contribution in [0.3, 0.4) is 0 Å². The van der Waals surface area contributed by atoms with Gasteiger partial charge in [-0.3, -0.25) is 9.69 Å². The number of piperazine rings is 1. The van der Waals surface area contributed by atoms with E-state index in [1.54, 1.807) is 0 Å². The SMILES string of the molecule is CC(C)c1ccc(CCC(=O)N2CCN(CCO)CC2)cc1. The van der Waals surface area contributed by atoms with E-state index in [4.69, 9.17) is 5.11 Å². The van der Waals surface area contributed by atoms with Gasteiger partial charge in [0.25, 0.3) is 0 Å². The molecule has 0 aromatic heterocycles. The highest BCUT2D eigenvalue weighted by Gasteiger charge is 2.20. The molecular weight excluding hydrogens is 276 g/mol. The highest BCUT2D eigenvalue weighted by molar-refractivity contribution is 5.76. The summed E-state index contributed by atoms with van der Waals surface area (Å²) in [6.07, 6.45) is 1.40. The smallest absolute Gasteiger partial charge is 0.222 e. The molecule has 0 spiro atoms. The maximum absolute atomic E-state index is 12.3. The Bertz CT molecular complexity index is 462. The first-order valence-electron chi connectivity index (χ1n) is 8.30. The first kappa shape index (κ1) is 17.0. The first-order valence-corrected chi connectivity index (χ1v) is 8.30. The minimum atomic E-state index is 0.195. The highest BCUT2D eigenvalue weighted by Crippen LogP contribution is 2.16. The molecule has 1 aliphatic rings. The van der Waals surface area contributed by atoms with Crippen LogP contribution in [0.1, 0.15) is 37.3 Å². The van der Waals surface area contributed by atoms with Gasteiger partial charge in [0.2, 0.25) is 5.91 Å². The second kappa shape index (κ2) is 8.30. The molecule has 4 nitrogen and oxygen atoms in total. The number of aryl methyl sites for hydroxylation is 1. The van der Waals surface area contributed by atoms with Gasteiger partial charge in [0.1, 0.15) is 0 Å². The Labute approximate surface area is 133 Å². The van der Waals surface area contributed by atoms with Gasteiger partial charge in [-0.05, 0) is 23.5 Å². The Hall–Kier alpha value is -1.39. The van der Waals surface area contributed by atoms with Crippen LogP contribution in [0.5, 0.6) is 0 Å². The lowest BCUT2D eigenvalue weighted by Crippen LogP contribution is -2.49.